The van der Waals surface area contributed by atoms with Crippen LogP contribution in [0.4, 0.5) is 11.4 Å². The second-order valence-electron chi connectivity index (χ2n) is 4.18. The number of halogens is 1. The van der Waals surface area contributed by atoms with E-state index in [4.69, 9.17) is 5.73 Å². The first-order valence-electron chi connectivity index (χ1n) is 5.39. The third-order valence-electron chi connectivity index (χ3n) is 1.96. The zero-order valence-corrected chi connectivity index (χ0v) is 12.3. The Hall–Kier alpha value is -1.31. The van der Waals surface area contributed by atoms with Crippen LogP contribution in [-0.4, -0.2) is 26.6 Å². The van der Waals surface area contributed by atoms with Gasteiger partial charge in [0.25, 0.3) is 0 Å². The van der Waals surface area contributed by atoms with Gasteiger partial charge >= 0.3 is 0 Å². The highest BCUT2D eigenvalue weighted by Gasteiger charge is 2.07. The highest BCUT2D eigenvalue weighted by molar-refractivity contribution is 7.92. The largest absolute Gasteiger partial charge is 0.327 e. The molecular weight excluding hydrogens is 290 g/mol. The number of sulfonamides is 1. The number of hydrogen-bond acceptors (Lipinski definition) is 4. The lowest BCUT2D eigenvalue weighted by atomic mass is 10.2. The molecule has 1 aromatic carbocycles. The molecule has 1 atom stereocenters. The molecule has 1 aromatic rings. The number of carbonyl (C=O) groups excluding carboxylic acids is 1. The monoisotopic (exact) mass is 307 g/mol. The van der Waals surface area contributed by atoms with Crippen molar-refractivity contribution in [2.45, 2.75) is 19.4 Å². The van der Waals surface area contributed by atoms with Gasteiger partial charge in [-0.15, -0.1) is 12.4 Å². The Bertz CT molecular complexity index is 532. The van der Waals surface area contributed by atoms with E-state index in [0.717, 1.165) is 6.26 Å². The summed E-state index contributed by atoms with van der Waals surface area (Å²) < 4.78 is 24.5. The molecule has 0 aliphatic carbocycles. The summed E-state index contributed by atoms with van der Waals surface area (Å²) >= 11 is 0. The minimum absolute atomic E-state index is 0. The minimum Gasteiger partial charge on any atom is -0.327 e. The van der Waals surface area contributed by atoms with E-state index in [2.05, 4.69) is 10.0 Å². The van der Waals surface area contributed by atoms with Crippen LogP contribution in [0.1, 0.15) is 13.3 Å². The quantitative estimate of drug-likeness (QED) is 0.759. The number of nitrogens with two attached hydrogens (primary N) is 1. The van der Waals surface area contributed by atoms with E-state index < -0.39 is 10.0 Å². The Labute approximate surface area is 119 Å². The van der Waals surface area contributed by atoms with E-state index in [0.29, 0.717) is 11.4 Å². The topological polar surface area (TPSA) is 101 Å². The van der Waals surface area contributed by atoms with E-state index in [-0.39, 0.29) is 30.8 Å². The van der Waals surface area contributed by atoms with Gasteiger partial charge in [0.15, 0.2) is 0 Å². The lowest BCUT2D eigenvalue weighted by Gasteiger charge is -2.09. The molecule has 4 N–H and O–H groups in total. The van der Waals surface area contributed by atoms with Crippen LogP contribution >= 0.6 is 12.4 Å². The highest BCUT2D eigenvalue weighted by atomic mass is 35.5. The molecule has 0 saturated heterocycles. The van der Waals surface area contributed by atoms with Crippen molar-refractivity contribution in [2.24, 2.45) is 5.73 Å². The van der Waals surface area contributed by atoms with E-state index in [1.54, 1.807) is 31.2 Å². The minimum atomic E-state index is -3.32. The van der Waals surface area contributed by atoms with Gasteiger partial charge < -0.3 is 11.1 Å². The van der Waals surface area contributed by atoms with Crippen molar-refractivity contribution in [3.8, 4) is 0 Å². The number of hydrogen-bond donors (Lipinski definition) is 3. The molecule has 1 unspecified atom stereocenters. The predicted molar refractivity (Wildman–Crippen MR) is 79.1 cm³/mol. The Balaban J connectivity index is 0.00000324. The van der Waals surface area contributed by atoms with Gasteiger partial charge in [-0.3, -0.25) is 9.52 Å². The fourth-order valence-corrected chi connectivity index (χ4v) is 1.93. The molecule has 0 heterocycles. The van der Waals surface area contributed by atoms with Gasteiger partial charge in [-0.1, -0.05) is 6.07 Å². The van der Waals surface area contributed by atoms with Crippen LogP contribution in [0.2, 0.25) is 0 Å². The van der Waals surface area contributed by atoms with Gasteiger partial charge in [-0.05, 0) is 25.1 Å². The Morgan fingerprint density at radius 3 is 2.47 bits per heavy atom. The lowest BCUT2D eigenvalue weighted by Crippen LogP contribution is -2.24. The molecular formula is C11H18ClN3O3S. The van der Waals surface area contributed by atoms with Gasteiger partial charge in [0.1, 0.15) is 0 Å². The molecule has 19 heavy (non-hydrogen) atoms. The molecule has 8 heteroatoms. The predicted octanol–water partition coefficient (Wildman–Crippen LogP) is 1.16. The Morgan fingerprint density at radius 2 is 1.95 bits per heavy atom. The van der Waals surface area contributed by atoms with Gasteiger partial charge in [-0.2, -0.15) is 0 Å². The number of nitrogens with one attached hydrogen (secondary N) is 2. The summed E-state index contributed by atoms with van der Waals surface area (Å²) in [5.41, 5.74) is 6.43. The van der Waals surface area contributed by atoms with Crippen LogP contribution in [0.15, 0.2) is 24.3 Å². The molecule has 108 valence electrons. The number of rotatable bonds is 5. The maximum absolute atomic E-state index is 11.5. The average Bonchev–Trinajstić information content (AvgIpc) is 2.13. The molecule has 0 radical (unpaired) electrons. The van der Waals surface area contributed by atoms with Gasteiger partial charge in [0.2, 0.25) is 15.9 Å². The fraction of sp³-hybridized carbons (Fsp3) is 0.364. The van der Waals surface area contributed by atoms with Gasteiger partial charge in [0, 0.05) is 18.2 Å². The van der Waals surface area contributed by atoms with Crippen molar-refractivity contribution in [1.29, 1.82) is 0 Å². The van der Waals surface area contributed by atoms with Crippen LogP contribution in [0, 0.1) is 0 Å². The first-order chi connectivity index (χ1) is 8.26. The normalized spacial score (nSPS) is 12.2. The zero-order valence-electron chi connectivity index (χ0n) is 10.7. The summed E-state index contributed by atoms with van der Waals surface area (Å²) in [5.74, 6) is -0.207. The number of amides is 1. The standard InChI is InChI=1S/C11H17N3O3S.ClH/c1-8(12)6-11(15)13-9-4-3-5-10(7-9)14-18(2,16)17;/h3-5,7-8,14H,6,12H2,1-2H3,(H,13,15);1H. The third kappa shape index (κ3) is 7.66. The summed E-state index contributed by atoms with van der Waals surface area (Å²) in [4.78, 5) is 11.5. The maximum atomic E-state index is 11.5. The van der Waals surface area contributed by atoms with E-state index in [1.807, 2.05) is 0 Å². The molecule has 0 aliphatic rings. The number of carbonyl (C=O) groups is 1. The van der Waals surface area contributed by atoms with Crippen molar-refractivity contribution in [2.75, 3.05) is 16.3 Å². The zero-order chi connectivity index (χ0) is 13.8. The Morgan fingerprint density at radius 1 is 1.37 bits per heavy atom. The molecule has 0 spiro atoms. The lowest BCUT2D eigenvalue weighted by molar-refractivity contribution is -0.116. The first-order valence-corrected chi connectivity index (χ1v) is 7.29. The molecule has 0 aliphatic heterocycles. The highest BCUT2D eigenvalue weighted by Crippen LogP contribution is 2.16. The molecule has 0 aromatic heterocycles. The number of benzene rings is 1. The number of anilines is 2. The summed E-state index contributed by atoms with van der Waals surface area (Å²) in [6.07, 6.45) is 1.28. The van der Waals surface area contributed by atoms with E-state index in [9.17, 15) is 13.2 Å². The molecule has 0 saturated carbocycles. The van der Waals surface area contributed by atoms with Crippen LogP contribution in [-0.2, 0) is 14.8 Å². The summed E-state index contributed by atoms with van der Waals surface area (Å²) in [7, 11) is -3.32. The van der Waals surface area contributed by atoms with E-state index in [1.165, 1.54) is 0 Å². The molecule has 1 rings (SSSR count). The van der Waals surface area contributed by atoms with Crippen molar-refractivity contribution in [3.05, 3.63) is 24.3 Å². The third-order valence-corrected chi connectivity index (χ3v) is 2.56. The smallest absolute Gasteiger partial charge is 0.229 e. The van der Waals surface area contributed by atoms with Crippen molar-refractivity contribution < 1.29 is 13.2 Å². The fourth-order valence-electron chi connectivity index (χ4n) is 1.38. The molecule has 1 amide bonds. The van der Waals surface area contributed by atoms with Gasteiger partial charge in [-0.25, -0.2) is 8.42 Å². The second kappa shape index (κ2) is 7.32. The molecule has 0 bridgehead atoms. The average molecular weight is 308 g/mol. The van der Waals surface area contributed by atoms with Crippen molar-refractivity contribution in [1.82, 2.24) is 0 Å². The maximum Gasteiger partial charge on any atom is 0.229 e. The van der Waals surface area contributed by atoms with Crippen LogP contribution in [0.25, 0.3) is 0 Å². The van der Waals surface area contributed by atoms with E-state index >= 15 is 0 Å². The first kappa shape index (κ1) is 17.7. The van der Waals surface area contributed by atoms with Gasteiger partial charge in [0.05, 0.1) is 11.9 Å². The van der Waals surface area contributed by atoms with Crippen molar-refractivity contribution >= 4 is 39.7 Å². The molecule has 0 fully saturated rings. The summed E-state index contributed by atoms with van der Waals surface area (Å²) in [6.45, 7) is 1.74. The summed E-state index contributed by atoms with van der Waals surface area (Å²) in [5, 5.41) is 2.65. The van der Waals surface area contributed by atoms with Crippen molar-refractivity contribution in [3.63, 3.8) is 0 Å². The van der Waals surface area contributed by atoms with Crippen LogP contribution < -0.4 is 15.8 Å². The summed E-state index contributed by atoms with van der Waals surface area (Å²) in [6, 6.07) is 6.24. The van der Waals surface area contributed by atoms with Crippen LogP contribution in [0.3, 0.4) is 0 Å². The Kier molecular flexibility index (Phi) is 6.82. The SMILES string of the molecule is CC(N)CC(=O)Nc1cccc(NS(C)(=O)=O)c1.Cl. The molecule has 6 nitrogen and oxygen atoms in total. The van der Waals surface area contributed by atoms with Crippen LogP contribution in [0.5, 0.6) is 0 Å². The second-order valence-corrected chi connectivity index (χ2v) is 5.93.